The summed E-state index contributed by atoms with van der Waals surface area (Å²) in [4.78, 5) is 26.6. The molecule has 0 unspecified atom stereocenters. The first-order valence-corrected chi connectivity index (χ1v) is 6.55. The lowest BCUT2D eigenvalue weighted by molar-refractivity contribution is -0.384. The predicted molar refractivity (Wildman–Crippen MR) is 79.8 cm³/mol. The van der Waals surface area contributed by atoms with Crippen LogP contribution in [0.3, 0.4) is 0 Å². The molecule has 0 aliphatic rings. The van der Waals surface area contributed by atoms with Crippen molar-refractivity contribution in [2.24, 2.45) is 7.05 Å². The van der Waals surface area contributed by atoms with E-state index in [0.29, 0.717) is 0 Å². The van der Waals surface area contributed by atoms with E-state index in [-0.39, 0.29) is 23.1 Å². The van der Waals surface area contributed by atoms with E-state index >= 15 is 0 Å². The van der Waals surface area contributed by atoms with Gasteiger partial charge in [-0.05, 0) is 12.1 Å². The van der Waals surface area contributed by atoms with Gasteiger partial charge in [-0.2, -0.15) is 5.10 Å². The number of anilines is 1. The molecular formula is C14H11N5O4. The zero-order chi connectivity index (χ0) is 16.4. The standard InChI is InChI=1S/C14H11N5O4/c1-18-12(11(7-15-18)19(21)22)17-13(20)10-8-23-14(16-10)9-5-3-2-4-6-9/h2-8H,1H3,(H,17,20). The Balaban J connectivity index is 1.84. The van der Waals surface area contributed by atoms with Gasteiger partial charge < -0.3 is 4.42 Å². The van der Waals surface area contributed by atoms with Crippen LogP contribution in [0.1, 0.15) is 10.5 Å². The second-order valence-corrected chi connectivity index (χ2v) is 4.62. The molecule has 0 radical (unpaired) electrons. The maximum atomic E-state index is 12.2. The molecule has 23 heavy (non-hydrogen) atoms. The van der Waals surface area contributed by atoms with Crippen LogP contribution >= 0.6 is 0 Å². The fraction of sp³-hybridized carbons (Fsp3) is 0.0714. The zero-order valence-electron chi connectivity index (χ0n) is 12.0. The average Bonchev–Trinajstić information content (AvgIpc) is 3.16. The topological polar surface area (TPSA) is 116 Å². The third-order valence-corrected chi connectivity index (χ3v) is 3.11. The summed E-state index contributed by atoms with van der Waals surface area (Å²) in [6.07, 6.45) is 2.26. The predicted octanol–water partition coefficient (Wildman–Crippen LogP) is 2.24. The summed E-state index contributed by atoms with van der Waals surface area (Å²) in [6, 6.07) is 9.07. The number of hydrogen-bond donors (Lipinski definition) is 1. The molecule has 0 saturated heterocycles. The lowest BCUT2D eigenvalue weighted by atomic mass is 10.2. The smallest absolute Gasteiger partial charge is 0.331 e. The molecule has 3 rings (SSSR count). The van der Waals surface area contributed by atoms with Crippen molar-refractivity contribution >= 4 is 17.4 Å². The van der Waals surface area contributed by atoms with Crippen molar-refractivity contribution in [2.45, 2.75) is 0 Å². The number of amides is 1. The summed E-state index contributed by atoms with van der Waals surface area (Å²) < 4.78 is 6.47. The number of rotatable bonds is 4. The van der Waals surface area contributed by atoms with E-state index in [1.165, 1.54) is 18.0 Å². The first-order valence-electron chi connectivity index (χ1n) is 6.55. The minimum absolute atomic E-state index is 0.0133. The van der Waals surface area contributed by atoms with Crippen LogP contribution in [0.2, 0.25) is 0 Å². The Morgan fingerprint density at radius 3 is 2.78 bits per heavy atom. The molecule has 0 aliphatic heterocycles. The van der Waals surface area contributed by atoms with Crippen LogP contribution in [0, 0.1) is 10.1 Å². The highest BCUT2D eigenvalue weighted by Crippen LogP contribution is 2.24. The molecule has 116 valence electrons. The lowest BCUT2D eigenvalue weighted by Gasteiger charge is -2.02. The second-order valence-electron chi connectivity index (χ2n) is 4.62. The molecule has 2 heterocycles. The van der Waals surface area contributed by atoms with Crippen molar-refractivity contribution in [3.63, 3.8) is 0 Å². The normalized spacial score (nSPS) is 10.5. The molecule has 0 saturated carbocycles. The number of nitro groups is 1. The molecule has 0 bridgehead atoms. The van der Waals surface area contributed by atoms with Gasteiger partial charge in [0.25, 0.3) is 5.91 Å². The van der Waals surface area contributed by atoms with Gasteiger partial charge in [0.05, 0.1) is 4.92 Å². The van der Waals surface area contributed by atoms with Crippen molar-refractivity contribution in [2.75, 3.05) is 5.32 Å². The molecule has 1 N–H and O–H groups in total. The number of carbonyl (C=O) groups excluding carboxylic acids is 1. The molecular weight excluding hydrogens is 302 g/mol. The Hall–Kier alpha value is -3.49. The molecule has 0 spiro atoms. The average molecular weight is 313 g/mol. The van der Waals surface area contributed by atoms with E-state index < -0.39 is 10.8 Å². The van der Waals surface area contributed by atoms with Crippen LogP contribution in [0.15, 0.2) is 47.2 Å². The third kappa shape index (κ3) is 2.79. The minimum Gasteiger partial charge on any atom is -0.444 e. The van der Waals surface area contributed by atoms with Crippen molar-refractivity contribution in [1.29, 1.82) is 0 Å². The van der Waals surface area contributed by atoms with Gasteiger partial charge in [0.15, 0.2) is 5.69 Å². The highest BCUT2D eigenvalue weighted by atomic mass is 16.6. The van der Waals surface area contributed by atoms with Gasteiger partial charge in [-0.3, -0.25) is 20.2 Å². The minimum atomic E-state index is -0.624. The van der Waals surface area contributed by atoms with Crippen LogP contribution in [0.5, 0.6) is 0 Å². The maximum Gasteiger partial charge on any atom is 0.331 e. The quantitative estimate of drug-likeness (QED) is 0.583. The summed E-state index contributed by atoms with van der Waals surface area (Å²) in [6.45, 7) is 0. The van der Waals surface area contributed by atoms with Crippen LogP contribution in [-0.2, 0) is 7.05 Å². The highest BCUT2D eigenvalue weighted by Gasteiger charge is 2.23. The number of aromatic nitrogens is 3. The van der Waals surface area contributed by atoms with E-state index in [0.717, 1.165) is 11.8 Å². The summed E-state index contributed by atoms with van der Waals surface area (Å²) in [5, 5.41) is 17.1. The molecule has 1 amide bonds. The number of nitrogens with zero attached hydrogens (tertiary/aromatic N) is 4. The van der Waals surface area contributed by atoms with E-state index in [2.05, 4.69) is 15.4 Å². The van der Waals surface area contributed by atoms with Crippen LogP contribution < -0.4 is 5.32 Å². The second kappa shape index (κ2) is 5.72. The van der Waals surface area contributed by atoms with Gasteiger partial charge in [0.1, 0.15) is 12.5 Å². The van der Waals surface area contributed by atoms with Crippen LogP contribution in [-0.4, -0.2) is 25.6 Å². The Labute approximate surface area is 129 Å². The van der Waals surface area contributed by atoms with Gasteiger partial charge in [0.2, 0.25) is 11.7 Å². The monoisotopic (exact) mass is 313 g/mol. The molecule has 3 aromatic rings. The molecule has 9 heteroatoms. The Kier molecular flexibility index (Phi) is 3.59. The summed E-state index contributed by atoms with van der Waals surface area (Å²) in [7, 11) is 1.49. The van der Waals surface area contributed by atoms with Crippen molar-refractivity contribution in [3.8, 4) is 11.5 Å². The Morgan fingerprint density at radius 1 is 1.35 bits per heavy atom. The van der Waals surface area contributed by atoms with Crippen LogP contribution in [0.25, 0.3) is 11.5 Å². The number of nitrogens with one attached hydrogen (secondary N) is 1. The van der Waals surface area contributed by atoms with E-state index in [9.17, 15) is 14.9 Å². The van der Waals surface area contributed by atoms with E-state index in [1.54, 1.807) is 12.1 Å². The largest absolute Gasteiger partial charge is 0.444 e. The number of carbonyl (C=O) groups is 1. The molecule has 9 nitrogen and oxygen atoms in total. The molecule has 2 aromatic heterocycles. The van der Waals surface area contributed by atoms with E-state index in [1.807, 2.05) is 18.2 Å². The SMILES string of the molecule is Cn1ncc([N+](=O)[O-])c1NC(=O)c1coc(-c2ccccc2)n1. The van der Waals surface area contributed by atoms with Gasteiger partial charge in [-0.25, -0.2) is 9.67 Å². The molecule has 0 atom stereocenters. The summed E-state index contributed by atoms with van der Waals surface area (Å²) >= 11 is 0. The van der Waals surface area contributed by atoms with E-state index in [4.69, 9.17) is 4.42 Å². The summed E-state index contributed by atoms with van der Waals surface area (Å²) in [5.74, 6) is -0.359. The van der Waals surface area contributed by atoms with Gasteiger partial charge in [-0.15, -0.1) is 0 Å². The summed E-state index contributed by atoms with van der Waals surface area (Å²) in [5.41, 5.74) is 0.435. The van der Waals surface area contributed by atoms with Gasteiger partial charge in [0, 0.05) is 12.6 Å². The Bertz CT molecular complexity index is 868. The van der Waals surface area contributed by atoms with Crippen molar-refractivity contribution < 1.29 is 14.1 Å². The third-order valence-electron chi connectivity index (χ3n) is 3.11. The van der Waals surface area contributed by atoms with Crippen molar-refractivity contribution in [1.82, 2.24) is 14.8 Å². The number of hydrogen-bond acceptors (Lipinski definition) is 6. The zero-order valence-corrected chi connectivity index (χ0v) is 12.0. The number of benzene rings is 1. The molecule has 0 fully saturated rings. The fourth-order valence-electron chi connectivity index (χ4n) is 1.97. The maximum absolute atomic E-state index is 12.2. The molecule has 1 aromatic carbocycles. The Morgan fingerprint density at radius 2 is 2.09 bits per heavy atom. The fourth-order valence-corrected chi connectivity index (χ4v) is 1.97. The number of aryl methyl sites for hydroxylation is 1. The van der Waals surface area contributed by atoms with Crippen molar-refractivity contribution in [3.05, 3.63) is 58.6 Å². The number of oxazole rings is 1. The van der Waals surface area contributed by atoms with Gasteiger partial charge >= 0.3 is 5.69 Å². The lowest BCUT2D eigenvalue weighted by Crippen LogP contribution is -2.16. The molecule has 0 aliphatic carbocycles. The van der Waals surface area contributed by atoms with Crippen LogP contribution in [0.4, 0.5) is 11.5 Å². The first kappa shape index (κ1) is 14.4. The highest BCUT2D eigenvalue weighted by molar-refractivity contribution is 6.03. The van der Waals surface area contributed by atoms with Gasteiger partial charge in [-0.1, -0.05) is 18.2 Å². The first-order chi connectivity index (χ1) is 11.1.